The van der Waals surface area contributed by atoms with Crippen molar-refractivity contribution in [3.8, 4) is 0 Å². The first-order valence-corrected chi connectivity index (χ1v) is 9.70. The lowest BCUT2D eigenvalue weighted by Gasteiger charge is -2.38. The summed E-state index contributed by atoms with van der Waals surface area (Å²) in [4.78, 5) is 32.4. The van der Waals surface area contributed by atoms with E-state index < -0.39 is 11.0 Å². The summed E-state index contributed by atoms with van der Waals surface area (Å²) < 4.78 is 0. The second-order valence-corrected chi connectivity index (χ2v) is 8.03. The lowest BCUT2D eigenvalue weighted by molar-refractivity contribution is -0.384. The maximum atomic E-state index is 13.5. The van der Waals surface area contributed by atoms with E-state index in [2.05, 4.69) is 18.8 Å². The third-order valence-corrected chi connectivity index (χ3v) is 5.68. The monoisotopic (exact) mass is 380 g/mol. The van der Waals surface area contributed by atoms with Gasteiger partial charge in [0.05, 0.1) is 4.92 Å². The first-order chi connectivity index (χ1) is 13.5. The molecule has 2 aromatic rings. The van der Waals surface area contributed by atoms with E-state index in [4.69, 9.17) is 0 Å². The number of rotatable bonds is 3. The normalized spacial score (nSPS) is 24.1. The van der Waals surface area contributed by atoms with Gasteiger partial charge in [0, 0.05) is 31.4 Å². The molecular weight excluding hydrogens is 356 g/mol. The number of piperidine rings is 1. The van der Waals surface area contributed by atoms with E-state index in [9.17, 15) is 14.9 Å². The molecule has 1 amide bonds. The molecule has 1 aromatic heterocycles. The molecule has 7 heteroatoms. The number of anilines is 2. The number of likely N-dealkylation sites (tertiary alicyclic amines) is 1. The quantitative estimate of drug-likeness (QED) is 0.601. The van der Waals surface area contributed by atoms with Crippen LogP contribution in [0.5, 0.6) is 0 Å². The van der Waals surface area contributed by atoms with Crippen LogP contribution in [-0.4, -0.2) is 39.8 Å². The number of carbonyl (C=O) groups is 1. The molecule has 0 unspecified atom stereocenters. The zero-order chi connectivity index (χ0) is 19.8. The third kappa shape index (κ3) is 3.21. The van der Waals surface area contributed by atoms with Crippen molar-refractivity contribution >= 4 is 23.0 Å². The van der Waals surface area contributed by atoms with E-state index in [1.54, 1.807) is 6.07 Å². The molecule has 0 aliphatic carbocycles. The van der Waals surface area contributed by atoms with E-state index >= 15 is 0 Å². The molecule has 1 fully saturated rings. The number of carbonyl (C=O) groups excluding carboxylic acids is 1. The maximum Gasteiger partial charge on any atom is 0.311 e. The molecule has 0 N–H and O–H groups in total. The molecule has 4 rings (SSSR count). The number of hydrogen-bond acceptors (Lipinski definition) is 5. The smallest absolute Gasteiger partial charge is 0.311 e. The molecule has 0 radical (unpaired) electrons. The molecule has 2 aliphatic rings. The lowest BCUT2D eigenvalue weighted by atomic mass is 9.91. The second-order valence-electron chi connectivity index (χ2n) is 8.03. The van der Waals surface area contributed by atoms with Gasteiger partial charge in [-0.2, -0.15) is 0 Å². The van der Waals surface area contributed by atoms with Crippen LogP contribution in [0.4, 0.5) is 17.1 Å². The van der Waals surface area contributed by atoms with Crippen molar-refractivity contribution in [2.45, 2.75) is 32.7 Å². The standard InChI is InChI=1S/C21H24N4O3/c1-14-9-15(2)13-23(12-14)21(26)19-10-16-5-3-4-6-17(16)24(19)18-7-8-22-11-20(18)25(27)28/h3-8,11,14-15,19H,9-10,12-13H2,1-2H3/t14-,15+,19-/m0/s1. The Morgan fingerprint density at radius 1 is 1.14 bits per heavy atom. The van der Waals surface area contributed by atoms with Gasteiger partial charge < -0.3 is 9.80 Å². The summed E-state index contributed by atoms with van der Waals surface area (Å²) >= 11 is 0. The van der Waals surface area contributed by atoms with Gasteiger partial charge in [-0.25, -0.2) is 0 Å². The van der Waals surface area contributed by atoms with Gasteiger partial charge in [-0.1, -0.05) is 32.0 Å². The average Bonchev–Trinajstić information content (AvgIpc) is 3.06. The van der Waals surface area contributed by atoms with Gasteiger partial charge >= 0.3 is 5.69 Å². The van der Waals surface area contributed by atoms with Crippen molar-refractivity contribution in [1.29, 1.82) is 0 Å². The van der Waals surface area contributed by atoms with Crippen LogP contribution in [0.25, 0.3) is 0 Å². The van der Waals surface area contributed by atoms with Crippen molar-refractivity contribution in [3.63, 3.8) is 0 Å². The molecule has 7 nitrogen and oxygen atoms in total. The van der Waals surface area contributed by atoms with Gasteiger partial charge in [-0.15, -0.1) is 0 Å². The summed E-state index contributed by atoms with van der Waals surface area (Å²) in [6.45, 7) is 5.82. The third-order valence-electron chi connectivity index (χ3n) is 5.68. The molecule has 2 aliphatic heterocycles. The Balaban J connectivity index is 1.75. The highest BCUT2D eigenvalue weighted by molar-refractivity contribution is 5.93. The molecule has 3 atom stereocenters. The number of benzene rings is 1. The highest BCUT2D eigenvalue weighted by atomic mass is 16.6. The zero-order valence-electron chi connectivity index (χ0n) is 16.1. The minimum absolute atomic E-state index is 0.0423. The van der Waals surface area contributed by atoms with Crippen molar-refractivity contribution in [3.05, 3.63) is 58.4 Å². The average molecular weight is 380 g/mol. The summed E-state index contributed by atoms with van der Waals surface area (Å²) in [7, 11) is 0. The molecule has 1 saturated heterocycles. The maximum absolute atomic E-state index is 13.5. The van der Waals surface area contributed by atoms with Gasteiger partial charge in [0.2, 0.25) is 5.91 Å². The van der Waals surface area contributed by atoms with Crippen LogP contribution in [-0.2, 0) is 11.2 Å². The Bertz CT molecular complexity index is 906. The Labute approximate surface area is 164 Å². The van der Waals surface area contributed by atoms with E-state index in [0.29, 0.717) is 23.9 Å². The Hall–Kier alpha value is -2.96. The fourth-order valence-electron chi connectivity index (χ4n) is 4.66. The van der Waals surface area contributed by atoms with E-state index in [-0.39, 0.29) is 11.6 Å². The number of amides is 1. The summed E-state index contributed by atoms with van der Waals surface area (Å²) in [5, 5.41) is 11.6. The minimum Gasteiger partial charge on any atom is -0.340 e. The van der Waals surface area contributed by atoms with Crippen LogP contribution in [0.2, 0.25) is 0 Å². The van der Waals surface area contributed by atoms with Crippen LogP contribution in [0.15, 0.2) is 42.7 Å². The summed E-state index contributed by atoms with van der Waals surface area (Å²) in [5.41, 5.74) is 2.22. The molecule has 0 bridgehead atoms. The molecule has 0 saturated carbocycles. The number of fused-ring (bicyclic) bond motifs is 1. The molecule has 1 aromatic carbocycles. The predicted molar refractivity (Wildman–Crippen MR) is 106 cm³/mol. The highest BCUT2D eigenvalue weighted by Crippen LogP contribution is 2.42. The number of aromatic nitrogens is 1. The van der Waals surface area contributed by atoms with E-state index in [1.165, 1.54) is 12.4 Å². The summed E-state index contributed by atoms with van der Waals surface area (Å²) in [6.07, 6.45) is 4.46. The number of pyridine rings is 1. The topological polar surface area (TPSA) is 79.6 Å². The van der Waals surface area contributed by atoms with Gasteiger partial charge in [-0.05, 0) is 36.0 Å². The first-order valence-electron chi connectivity index (χ1n) is 9.70. The van der Waals surface area contributed by atoms with Crippen molar-refractivity contribution < 1.29 is 9.72 Å². The fourth-order valence-corrected chi connectivity index (χ4v) is 4.66. The SMILES string of the molecule is C[C@@H]1C[C@H](C)CN(C(=O)[C@@H]2Cc3ccccc3N2c2ccncc2[N+](=O)[O-])C1. The largest absolute Gasteiger partial charge is 0.340 e. The van der Waals surface area contributed by atoms with Crippen LogP contribution in [0, 0.1) is 22.0 Å². The number of hydrogen-bond donors (Lipinski definition) is 0. The molecule has 146 valence electrons. The zero-order valence-corrected chi connectivity index (χ0v) is 16.1. The predicted octanol–water partition coefficient (Wildman–Crippen LogP) is 3.56. The number of para-hydroxylation sites is 1. The van der Waals surface area contributed by atoms with E-state index in [1.807, 2.05) is 34.1 Å². The van der Waals surface area contributed by atoms with Gasteiger partial charge in [0.1, 0.15) is 17.9 Å². The number of nitrogens with zero attached hydrogens (tertiary/aromatic N) is 4. The highest BCUT2D eigenvalue weighted by Gasteiger charge is 2.41. The van der Waals surface area contributed by atoms with Crippen molar-refractivity contribution in [1.82, 2.24) is 9.88 Å². The summed E-state index contributed by atoms with van der Waals surface area (Å²) in [5.74, 6) is 0.959. The van der Waals surface area contributed by atoms with Crippen LogP contribution in [0.3, 0.4) is 0 Å². The Kier molecular flexibility index (Phi) is 4.75. The van der Waals surface area contributed by atoms with Crippen LogP contribution < -0.4 is 4.90 Å². The van der Waals surface area contributed by atoms with Crippen molar-refractivity contribution in [2.75, 3.05) is 18.0 Å². The van der Waals surface area contributed by atoms with Crippen LogP contribution >= 0.6 is 0 Å². The van der Waals surface area contributed by atoms with Gasteiger partial charge in [0.15, 0.2) is 0 Å². The molecule has 3 heterocycles. The van der Waals surface area contributed by atoms with E-state index in [0.717, 1.165) is 30.8 Å². The molecule has 0 spiro atoms. The minimum atomic E-state index is -0.476. The fraction of sp³-hybridized carbons (Fsp3) is 0.429. The van der Waals surface area contributed by atoms with Gasteiger partial charge in [0.25, 0.3) is 0 Å². The lowest BCUT2D eigenvalue weighted by Crippen LogP contribution is -2.50. The van der Waals surface area contributed by atoms with Crippen LogP contribution in [0.1, 0.15) is 25.8 Å². The Morgan fingerprint density at radius 2 is 1.86 bits per heavy atom. The van der Waals surface area contributed by atoms with Crippen molar-refractivity contribution in [2.24, 2.45) is 11.8 Å². The number of nitro groups is 1. The first kappa shape index (κ1) is 18.4. The Morgan fingerprint density at radius 3 is 2.57 bits per heavy atom. The second kappa shape index (κ2) is 7.22. The van der Waals surface area contributed by atoms with Gasteiger partial charge in [-0.3, -0.25) is 19.9 Å². The molecular formula is C21H24N4O3. The summed E-state index contributed by atoms with van der Waals surface area (Å²) in [6, 6.07) is 8.91. The molecule has 28 heavy (non-hydrogen) atoms.